The first-order valence-electron chi connectivity index (χ1n) is 3.31. The summed E-state index contributed by atoms with van der Waals surface area (Å²) in [6, 6.07) is 0. The third-order valence-electron chi connectivity index (χ3n) is 1.12. The topological polar surface area (TPSA) is 9.23 Å². The second-order valence-electron chi connectivity index (χ2n) is 2.00. The Bertz CT molecular complexity index is 137. The minimum atomic E-state index is 0.925. The van der Waals surface area contributed by atoms with Gasteiger partial charge in [-0.05, 0) is 24.0 Å². The number of methoxy groups -OCH3 is 1. The zero-order chi connectivity index (χ0) is 7.98. The lowest BCUT2D eigenvalue weighted by molar-refractivity contribution is 0.281. The minimum absolute atomic E-state index is 0.925. The van der Waals surface area contributed by atoms with Crippen LogP contribution in [-0.2, 0) is 4.74 Å². The third-order valence-corrected chi connectivity index (χ3v) is 1.27. The highest BCUT2D eigenvalue weighted by Crippen LogP contribution is 2.04. The van der Waals surface area contributed by atoms with E-state index in [1.165, 1.54) is 0 Å². The first-order valence-corrected chi connectivity index (χ1v) is 3.75. The molecule has 0 aliphatic heterocycles. The first-order chi connectivity index (χ1) is 4.70. The number of rotatable bonds is 3. The summed E-state index contributed by atoms with van der Waals surface area (Å²) in [5, 5.41) is 0. The lowest BCUT2D eigenvalue weighted by Crippen LogP contribution is -1.81. The van der Waals surface area contributed by atoms with Gasteiger partial charge in [0.25, 0.3) is 0 Å². The average molecular weight is 158 g/mol. The predicted molar refractivity (Wildman–Crippen MR) is 48.1 cm³/mol. The lowest BCUT2D eigenvalue weighted by atomic mass is 10.3. The molecule has 58 valence electrons. The van der Waals surface area contributed by atoms with Crippen LogP contribution in [0.3, 0.4) is 0 Å². The van der Waals surface area contributed by atoms with Gasteiger partial charge < -0.3 is 4.74 Å². The molecule has 0 spiro atoms. The molecule has 0 heterocycles. The van der Waals surface area contributed by atoms with Crippen LogP contribution in [0.25, 0.3) is 0 Å². The average Bonchev–Trinajstić information content (AvgIpc) is 1.90. The molecule has 0 aromatic heterocycles. The standard InChI is InChI=1S/C8H14OS/c1-4-8(9-3)6-5-7(2)10/h5-6,10H,4H2,1-3H3/b7-5+,8-6+. The van der Waals surface area contributed by atoms with Gasteiger partial charge in [0.15, 0.2) is 0 Å². The Morgan fingerprint density at radius 2 is 2.10 bits per heavy atom. The number of allylic oxidation sites excluding steroid dienone is 4. The van der Waals surface area contributed by atoms with Crippen LogP contribution in [0.1, 0.15) is 20.3 Å². The summed E-state index contributed by atoms with van der Waals surface area (Å²) in [5.74, 6) is 0.980. The van der Waals surface area contributed by atoms with Crippen molar-refractivity contribution in [2.75, 3.05) is 7.11 Å². The van der Waals surface area contributed by atoms with Crippen LogP contribution >= 0.6 is 12.6 Å². The largest absolute Gasteiger partial charge is 0.501 e. The Kier molecular flexibility index (Phi) is 5.22. The third kappa shape index (κ3) is 4.50. The van der Waals surface area contributed by atoms with Crippen LogP contribution in [0.4, 0.5) is 0 Å². The van der Waals surface area contributed by atoms with Crippen molar-refractivity contribution < 1.29 is 4.74 Å². The summed E-state index contributed by atoms with van der Waals surface area (Å²) in [6.07, 6.45) is 4.78. The molecule has 0 bridgehead atoms. The van der Waals surface area contributed by atoms with Crippen molar-refractivity contribution in [3.8, 4) is 0 Å². The van der Waals surface area contributed by atoms with Crippen molar-refractivity contribution in [2.24, 2.45) is 0 Å². The molecule has 0 N–H and O–H groups in total. The molecule has 0 aromatic rings. The second kappa shape index (κ2) is 5.42. The minimum Gasteiger partial charge on any atom is -0.501 e. The van der Waals surface area contributed by atoms with Crippen molar-refractivity contribution in [3.05, 3.63) is 22.8 Å². The fourth-order valence-corrected chi connectivity index (χ4v) is 0.618. The normalized spacial score (nSPS) is 13.6. The van der Waals surface area contributed by atoms with Crippen LogP contribution < -0.4 is 0 Å². The maximum absolute atomic E-state index is 5.03. The molecular weight excluding hydrogens is 144 g/mol. The molecule has 0 saturated heterocycles. The van der Waals surface area contributed by atoms with Crippen molar-refractivity contribution in [1.82, 2.24) is 0 Å². The molecule has 0 radical (unpaired) electrons. The molecule has 0 unspecified atom stereocenters. The molecule has 0 aliphatic rings. The second-order valence-corrected chi connectivity index (χ2v) is 2.70. The summed E-state index contributed by atoms with van der Waals surface area (Å²) in [6.45, 7) is 3.99. The number of thiol groups is 1. The van der Waals surface area contributed by atoms with Crippen molar-refractivity contribution >= 4 is 12.6 Å². The molecule has 1 nitrogen and oxygen atoms in total. The van der Waals surface area contributed by atoms with Gasteiger partial charge in [0.2, 0.25) is 0 Å². The Balaban J connectivity index is 3.99. The van der Waals surface area contributed by atoms with Crippen LogP contribution in [-0.4, -0.2) is 7.11 Å². The molecule has 0 fully saturated rings. The molecule has 0 atom stereocenters. The van der Waals surface area contributed by atoms with E-state index >= 15 is 0 Å². The smallest absolute Gasteiger partial charge is 0.0952 e. The quantitative estimate of drug-likeness (QED) is 0.377. The van der Waals surface area contributed by atoms with Crippen LogP contribution in [0.15, 0.2) is 22.8 Å². The first kappa shape index (κ1) is 9.63. The molecule has 10 heavy (non-hydrogen) atoms. The predicted octanol–water partition coefficient (Wildman–Crippen LogP) is 2.76. The van der Waals surface area contributed by atoms with Gasteiger partial charge in [-0.1, -0.05) is 6.92 Å². The van der Waals surface area contributed by atoms with Crippen molar-refractivity contribution in [3.63, 3.8) is 0 Å². The lowest BCUT2D eigenvalue weighted by Gasteiger charge is -1.99. The fourth-order valence-electron chi connectivity index (χ4n) is 0.544. The van der Waals surface area contributed by atoms with Gasteiger partial charge in [-0.3, -0.25) is 0 Å². The van der Waals surface area contributed by atoms with Gasteiger partial charge in [-0.25, -0.2) is 0 Å². The Labute approximate surface area is 68.2 Å². The summed E-state index contributed by atoms with van der Waals surface area (Å²) in [7, 11) is 1.68. The van der Waals surface area contributed by atoms with Gasteiger partial charge in [0.05, 0.1) is 12.9 Å². The van der Waals surface area contributed by atoms with E-state index in [1.54, 1.807) is 7.11 Å². The van der Waals surface area contributed by atoms with E-state index in [1.807, 2.05) is 19.1 Å². The Hall–Kier alpha value is -0.370. The molecule has 0 aromatic carbocycles. The van der Waals surface area contributed by atoms with Gasteiger partial charge in [-0.15, -0.1) is 12.6 Å². The molecule has 0 amide bonds. The zero-order valence-corrected chi connectivity index (χ0v) is 7.61. The Morgan fingerprint density at radius 3 is 2.40 bits per heavy atom. The monoisotopic (exact) mass is 158 g/mol. The van der Waals surface area contributed by atoms with E-state index in [4.69, 9.17) is 4.74 Å². The summed E-state index contributed by atoms with van der Waals surface area (Å²) < 4.78 is 5.03. The SMILES string of the molecule is CC/C(=C\C=C(/C)S)OC. The van der Waals surface area contributed by atoms with Gasteiger partial charge in [-0.2, -0.15) is 0 Å². The van der Waals surface area contributed by atoms with E-state index in [0.29, 0.717) is 0 Å². The summed E-state index contributed by atoms with van der Waals surface area (Å²) in [5.41, 5.74) is 0. The molecule has 2 heteroatoms. The molecular formula is C8H14OS. The van der Waals surface area contributed by atoms with Gasteiger partial charge in [0, 0.05) is 6.42 Å². The van der Waals surface area contributed by atoms with Crippen LogP contribution in [0.2, 0.25) is 0 Å². The van der Waals surface area contributed by atoms with E-state index in [0.717, 1.165) is 17.1 Å². The van der Waals surface area contributed by atoms with Crippen molar-refractivity contribution in [1.29, 1.82) is 0 Å². The van der Waals surface area contributed by atoms with Gasteiger partial charge >= 0.3 is 0 Å². The fraction of sp³-hybridized carbons (Fsp3) is 0.500. The van der Waals surface area contributed by atoms with E-state index in [-0.39, 0.29) is 0 Å². The maximum Gasteiger partial charge on any atom is 0.0952 e. The van der Waals surface area contributed by atoms with E-state index < -0.39 is 0 Å². The van der Waals surface area contributed by atoms with E-state index in [9.17, 15) is 0 Å². The van der Waals surface area contributed by atoms with Crippen molar-refractivity contribution in [2.45, 2.75) is 20.3 Å². The maximum atomic E-state index is 5.03. The summed E-state index contributed by atoms with van der Waals surface area (Å²) in [4.78, 5) is 0.989. The molecule has 0 aliphatic carbocycles. The van der Waals surface area contributed by atoms with Crippen LogP contribution in [0.5, 0.6) is 0 Å². The van der Waals surface area contributed by atoms with E-state index in [2.05, 4.69) is 19.6 Å². The number of hydrogen-bond donors (Lipinski definition) is 1. The van der Waals surface area contributed by atoms with Crippen LogP contribution in [0, 0.1) is 0 Å². The zero-order valence-electron chi connectivity index (χ0n) is 6.72. The molecule has 0 saturated carbocycles. The number of ether oxygens (including phenoxy) is 1. The van der Waals surface area contributed by atoms with Gasteiger partial charge in [0.1, 0.15) is 0 Å². The highest BCUT2D eigenvalue weighted by atomic mass is 32.1. The molecule has 0 rings (SSSR count). The Morgan fingerprint density at radius 1 is 1.50 bits per heavy atom. The highest BCUT2D eigenvalue weighted by Gasteiger charge is 1.86. The summed E-state index contributed by atoms with van der Waals surface area (Å²) >= 11 is 4.11. The highest BCUT2D eigenvalue weighted by molar-refractivity contribution is 7.84. The number of hydrogen-bond acceptors (Lipinski definition) is 2.